The number of nitrogens with zero attached hydrogens (tertiary/aromatic N) is 4. The number of anilines is 3. The van der Waals surface area contributed by atoms with Crippen LogP contribution in [0, 0.1) is 29.8 Å². The fraction of sp³-hybridized carbons (Fsp3) is 0.300. The van der Waals surface area contributed by atoms with E-state index in [1.54, 1.807) is 6.07 Å². The minimum absolute atomic E-state index is 0.133. The third-order valence-corrected chi connectivity index (χ3v) is 5.44. The summed E-state index contributed by atoms with van der Waals surface area (Å²) in [4.78, 5) is 6.12. The van der Waals surface area contributed by atoms with Crippen molar-refractivity contribution in [2.75, 3.05) is 36.4 Å². The Kier molecular flexibility index (Phi) is 4.02. The van der Waals surface area contributed by atoms with E-state index < -0.39 is 11.6 Å². The lowest BCUT2D eigenvalue weighted by atomic mass is 9.74. The normalized spacial score (nSPS) is 17.2. The quantitative estimate of drug-likeness (QED) is 0.705. The molecule has 0 radical (unpaired) electrons. The molecule has 2 fully saturated rings. The fourth-order valence-corrected chi connectivity index (χ4v) is 3.94. The number of aromatic nitrogens is 3. The molecule has 3 aromatic rings. The smallest absolute Gasteiger partial charge is 0.247 e. The molecular formula is C20H19F3N6. The maximum atomic E-state index is 15.1. The Morgan fingerprint density at radius 3 is 2.41 bits per heavy atom. The van der Waals surface area contributed by atoms with Crippen molar-refractivity contribution in [3.05, 3.63) is 59.7 Å². The van der Waals surface area contributed by atoms with Crippen molar-refractivity contribution in [1.29, 1.82) is 0 Å². The summed E-state index contributed by atoms with van der Waals surface area (Å²) in [7, 11) is 0. The summed E-state index contributed by atoms with van der Waals surface area (Å²) in [6.45, 7) is 5.51. The van der Waals surface area contributed by atoms with E-state index in [-0.39, 0.29) is 28.6 Å². The first kappa shape index (κ1) is 18.0. The number of benzene rings is 2. The van der Waals surface area contributed by atoms with Crippen LogP contribution < -0.4 is 15.5 Å². The van der Waals surface area contributed by atoms with E-state index in [9.17, 15) is 8.78 Å². The van der Waals surface area contributed by atoms with E-state index in [2.05, 4.69) is 20.7 Å². The highest BCUT2D eigenvalue weighted by Gasteiger charge is 2.48. The molecule has 150 valence electrons. The van der Waals surface area contributed by atoms with Gasteiger partial charge < -0.3 is 15.5 Å². The van der Waals surface area contributed by atoms with Crippen LogP contribution in [-0.2, 0) is 0 Å². The van der Waals surface area contributed by atoms with E-state index in [0.29, 0.717) is 5.69 Å². The van der Waals surface area contributed by atoms with Gasteiger partial charge in [-0.2, -0.15) is 4.98 Å². The van der Waals surface area contributed by atoms with E-state index in [1.165, 1.54) is 11.0 Å². The van der Waals surface area contributed by atoms with Crippen LogP contribution >= 0.6 is 0 Å². The second-order valence-electron chi connectivity index (χ2n) is 7.87. The van der Waals surface area contributed by atoms with Gasteiger partial charge in [0.25, 0.3) is 0 Å². The van der Waals surface area contributed by atoms with Gasteiger partial charge in [-0.05, 0) is 36.8 Å². The standard InChI is InChI=1S/C20H19F3N6/c1-12-2-16(18(23)17(3-12)28-9-20(10-28)7-24-8-20)26-19-25-11-29(27-19)15-5-13(21)4-14(22)6-15/h2-6,11,24H,7-10H2,1H3,(H,26,27). The van der Waals surface area contributed by atoms with Crippen molar-refractivity contribution in [3.8, 4) is 5.69 Å². The first-order valence-electron chi connectivity index (χ1n) is 9.32. The SMILES string of the molecule is Cc1cc(Nc2ncn(-c3cc(F)cc(F)c3)n2)c(F)c(N2CC3(CNC3)C2)c1. The molecule has 1 aromatic heterocycles. The van der Waals surface area contributed by atoms with Crippen molar-refractivity contribution in [2.45, 2.75) is 6.92 Å². The second kappa shape index (κ2) is 6.48. The van der Waals surface area contributed by atoms with Crippen LogP contribution in [0.3, 0.4) is 0 Å². The summed E-state index contributed by atoms with van der Waals surface area (Å²) >= 11 is 0. The van der Waals surface area contributed by atoms with Gasteiger partial charge >= 0.3 is 0 Å². The summed E-state index contributed by atoms with van der Waals surface area (Å²) in [5.74, 6) is -1.67. The molecule has 0 unspecified atom stereocenters. The van der Waals surface area contributed by atoms with Crippen molar-refractivity contribution in [3.63, 3.8) is 0 Å². The third-order valence-electron chi connectivity index (χ3n) is 5.44. The highest BCUT2D eigenvalue weighted by molar-refractivity contribution is 5.66. The van der Waals surface area contributed by atoms with Crippen LogP contribution in [0.1, 0.15) is 5.56 Å². The highest BCUT2D eigenvalue weighted by atomic mass is 19.1. The summed E-state index contributed by atoms with van der Waals surface area (Å²) in [6.07, 6.45) is 1.31. The summed E-state index contributed by atoms with van der Waals surface area (Å²) in [5, 5.41) is 10.3. The summed E-state index contributed by atoms with van der Waals surface area (Å²) in [5.41, 5.74) is 2.19. The van der Waals surface area contributed by atoms with E-state index in [4.69, 9.17) is 0 Å². The van der Waals surface area contributed by atoms with E-state index >= 15 is 4.39 Å². The fourth-order valence-electron chi connectivity index (χ4n) is 3.94. The van der Waals surface area contributed by atoms with Crippen LogP contribution in [0.5, 0.6) is 0 Å². The maximum absolute atomic E-state index is 15.1. The minimum Gasteiger partial charge on any atom is -0.368 e. The molecule has 0 saturated carbocycles. The van der Waals surface area contributed by atoms with Gasteiger partial charge in [-0.3, -0.25) is 0 Å². The zero-order valence-corrected chi connectivity index (χ0v) is 15.7. The van der Waals surface area contributed by atoms with Gasteiger partial charge in [-0.1, -0.05) is 0 Å². The number of aryl methyl sites for hydroxylation is 1. The predicted octanol–water partition coefficient (Wildman–Crippen LogP) is 3.15. The van der Waals surface area contributed by atoms with Crippen LogP contribution in [0.4, 0.5) is 30.5 Å². The zero-order chi connectivity index (χ0) is 20.2. The molecule has 6 nitrogen and oxygen atoms in total. The monoisotopic (exact) mass is 400 g/mol. The number of rotatable bonds is 4. The third kappa shape index (κ3) is 3.21. The lowest BCUT2D eigenvalue weighted by Gasteiger charge is -2.57. The molecule has 1 spiro atoms. The van der Waals surface area contributed by atoms with Crippen LogP contribution in [0.2, 0.25) is 0 Å². The lowest BCUT2D eigenvalue weighted by molar-refractivity contribution is 0.120. The molecule has 2 aromatic carbocycles. The predicted molar refractivity (Wildman–Crippen MR) is 103 cm³/mol. The minimum atomic E-state index is -0.714. The molecule has 2 saturated heterocycles. The topological polar surface area (TPSA) is 58.0 Å². The molecule has 2 aliphatic rings. The van der Waals surface area contributed by atoms with Gasteiger partial charge in [0.05, 0.1) is 17.1 Å². The maximum Gasteiger partial charge on any atom is 0.247 e. The highest BCUT2D eigenvalue weighted by Crippen LogP contribution is 2.40. The molecule has 0 amide bonds. The van der Waals surface area contributed by atoms with Gasteiger partial charge in [0, 0.05) is 37.7 Å². The van der Waals surface area contributed by atoms with Crippen molar-refractivity contribution in [2.24, 2.45) is 5.41 Å². The van der Waals surface area contributed by atoms with Gasteiger partial charge in [-0.25, -0.2) is 17.9 Å². The van der Waals surface area contributed by atoms with E-state index in [1.807, 2.05) is 17.9 Å². The Morgan fingerprint density at radius 1 is 1.03 bits per heavy atom. The van der Waals surface area contributed by atoms with Crippen LogP contribution in [0.15, 0.2) is 36.7 Å². The van der Waals surface area contributed by atoms with Gasteiger partial charge in [0.2, 0.25) is 5.95 Å². The van der Waals surface area contributed by atoms with Crippen molar-refractivity contribution >= 4 is 17.3 Å². The van der Waals surface area contributed by atoms with Gasteiger partial charge in [0.1, 0.15) is 18.0 Å². The first-order chi connectivity index (χ1) is 13.9. The molecule has 2 N–H and O–H groups in total. The number of hydrogen-bond donors (Lipinski definition) is 2. The molecule has 0 atom stereocenters. The summed E-state index contributed by atoms with van der Waals surface area (Å²) < 4.78 is 43.2. The number of nitrogens with one attached hydrogen (secondary N) is 2. The second-order valence-corrected chi connectivity index (χ2v) is 7.87. The Labute approximate surface area is 165 Å². The number of halogens is 3. The van der Waals surface area contributed by atoms with E-state index in [0.717, 1.165) is 49.9 Å². The van der Waals surface area contributed by atoms with Crippen molar-refractivity contribution < 1.29 is 13.2 Å². The molecular weight excluding hydrogens is 381 g/mol. The van der Waals surface area contributed by atoms with Crippen LogP contribution in [-0.4, -0.2) is 40.9 Å². The molecule has 0 bridgehead atoms. The Hall–Kier alpha value is -3.07. The van der Waals surface area contributed by atoms with Gasteiger partial charge in [0.15, 0.2) is 5.82 Å². The Morgan fingerprint density at radius 2 is 1.76 bits per heavy atom. The molecule has 2 aliphatic heterocycles. The molecule has 0 aliphatic carbocycles. The lowest BCUT2D eigenvalue weighted by Crippen LogP contribution is -2.71. The summed E-state index contributed by atoms with van der Waals surface area (Å²) in [6, 6.07) is 6.58. The Bertz CT molecular complexity index is 1060. The van der Waals surface area contributed by atoms with Gasteiger partial charge in [-0.15, -0.1) is 5.10 Å². The molecule has 3 heterocycles. The molecule has 9 heteroatoms. The molecule has 29 heavy (non-hydrogen) atoms. The first-order valence-corrected chi connectivity index (χ1v) is 9.32. The molecule has 5 rings (SSSR count). The van der Waals surface area contributed by atoms with Crippen LogP contribution in [0.25, 0.3) is 5.69 Å². The zero-order valence-electron chi connectivity index (χ0n) is 15.7. The number of hydrogen-bond acceptors (Lipinski definition) is 5. The van der Waals surface area contributed by atoms with Crippen molar-refractivity contribution in [1.82, 2.24) is 20.1 Å². The average Bonchev–Trinajstić information content (AvgIpc) is 3.04. The largest absolute Gasteiger partial charge is 0.368 e. The Balaban J connectivity index is 1.39. The average molecular weight is 400 g/mol.